The van der Waals surface area contributed by atoms with Crippen molar-refractivity contribution in [3.63, 3.8) is 0 Å². The van der Waals surface area contributed by atoms with Gasteiger partial charge >= 0.3 is 0 Å². The van der Waals surface area contributed by atoms with Crippen molar-refractivity contribution in [1.29, 1.82) is 0 Å². The third-order valence-corrected chi connectivity index (χ3v) is 5.61. The second-order valence-corrected chi connectivity index (χ2v) is 8.34. The molecule has 1 unspecified atom stereocenters. The van der Waals surface area contributed by atoms with Crippen molar-refractivity contribution >= 4 is 11.8 Å². The molecule has 0 bridgehead atoms. The van der Waals surface area contributed by atoms with E-state index in [0.29, 0.717) is 39.1 Å². The zero-order valence-electron chi connectivity index (χ0n) is 17.1. The minimum atomic E-state index is -0.634. The lowest BCUT2D eigenvalue weighted by Crippen LogP contribution is -2.67. The summed E-state index contributed by atoms with van der Waals surface area (Å²) >= 11 is 0. The average molecular weight is 389 g/mol. The maximum absolute atomic E-state index is 13.4. The summed E-state index contributed by atoms with van der Waals surface area (Å²) in [5.74, 6) is 0.842. The highest BCUT2D eigenvalue weighted by Gasteiger charge is 2.52. The smallest absolute Gasteiger partial charge is 0.236 e. The molecule has 2 aliphatic heterocycles. The van der Waals surface area contributed by atoms with Gasteiger partial charge in [-0.3, -0.25) is 9.59 Å². The van der Waals surface area contributed by atoms with E-state index in [1.165, 1.54) is 0 Å². The molecule has 7 heteroatoms. The number of piperidine rings is 1. The molecule has 0 radical (unpaired) electrons. The monoisotopic (exact) mass is 389 g/mol. The molecule has 2 heterocycles. The molecule has 2 amide bonds. The van der Waals surface area contributed by atoms with Crippen molar-refractivity contribution in [2.24, 2.45) is 5.41 Å². The van der Waals surface area contributed by atoms with Crippen molar-refractivity contribution in [3.8, 4) is 5.75 Å². The van der Waals surface area contributed by atoms with Crippen LogP contribution in [0.1, 0.15) is 18.4 Å². The molecule has 1 aromatic carbocycles. The largest absolute Gasteiger partial charge is 0.497 e. The predicted molar refractivity (Wildman–Crippen MR) is 106 cm³/mol. The van der Waals surface area contributed by atoms with E-state index in [1.807, 2.05) is 43.3 Å². The van der Waals surface area contributed by atoms with E-state index < -0.39 is 11.5 Å². The minimum absolute atomic E-state index is 0.0396. The summed E-state index contributed by atoms with van der Waals surface area (Å²) in [6, 6.07) is 7.74. The average Bonchev–Trinajstić information content (AvgIpc) is 2.63. The van der Waals surface area contributed by atoms with Crippen LogP contribution in [0.2, 0.25) is 0 Å². The number of β-amino-alcohol motifs (C(OH)–C–C–N with tert-alkyl or cyclic N) is 1. The maximum Gasteiger partial charge on any atom is 0.236 e. The summed E-state index contributed by atoms with van der Waals surface area (Å²) in [5, 5.41) is 10.0. The Morgan fingerprint density at radius 3 is 2.68 bits per heavy atom. The lowest BCUT2D eigenvalue weighted by atomic mass is 9.73. The van der Waals surface area contributed by atoms with Gasteiger partial charge in [-0.2, -0.15) is 0 Å². The number of aliphatic hydroxyl groups excluding tert-OH is 1. The van der Waals surface area contributed by atoms with E-state index in [2.05, 4.69) is 0 Å². The Labute approximate surface area is 166 Å². The van der Waals surface area contributed by atoms with Crippen LogP contribution < -0.4 is 4.74 Å². The molecule has 1 aromatic rings. The number of carbonyl (C=O) groups is 2. The molecule has 0 aromatic heterocycles. The fraction of sp³-hybridized carbons (Fsp3) is 0.619. The standard InChI is InChI=1S/C21H31N3O4/c1-22(2)13-19(26)24-14-21(15-24,11-16-6-4-8-18(10-16)28-3)20(27)23-9-5-7-17(25)12-23/h4,6,8,10,17,25H,5,7,9,11-15H2,1-3H3. The van der Waals surface area contributed by atoms with Crippen LogP contribution in [0.15, 0.2) is 24.3 Å². The number of carbonyl (C=O) groups excluding carboxylic acids is 2. The number of benzene rings is 1. The minimum Gasteiger partial charge on any atom is -0.497 e. The highest BCUT2D eigenvalue weighted by molar-refractivity contribution is 5.88. The summed E-state index contributed by atoms with van der Waals surface area (Å²) in [4.78, 5) is 31.2. The van der Waals surface area contributed by atoms with Gasteiger partial charge in [0.1, 0.15) is 5.75 Å². The lowest BCUT2D eigenvalue weighted by Gasteiger charge is -2.51. The van der Waals surface area contributed by atoms with Gasteiger partial charge in [0.25, 0.3) is 0 Å². The first kappa shape index (κ1) is 20.6. The van der Waals surface area contributed by atoms with E-state index in [0.717, 1.165) is 24.2 Å². The van der Waals surface area contributed by atoms with Gasteiger partial charge in [-0.05, 0) is 51.1 Å². The van der Waals surface area contributed by atoms with Crippen molar-refractivity contribution < 1.29 is 19.4 Å². The Balaban J connectivity index is 1.78. The number of likely N-dealkylation sites (N-methyl/N-ethyl adjacent to an activating group) is 1. The molecule has 0 aliphatic carbocycles. The molecule has 28 heavy (non-hydrogen) atoms. The Bertz CT molecular complexity index is 715. The Morgan fingerprint density at radius 2 is 2.04 bits per heavy atom. The van der Waals surface area contributed by atoms with Crippen molar-refractivity contribution in [2.45, 2.75) is 25.4 Å². The highest BCUT2D eigenvalue weighted by Crippen LogP contribution is 2.37. The van der Waals surface area contributed by atoms with Gasteiger partial charge in [0.2, 0.25) is 11.8 Å². The summed E-state index contributed by atoms with van der Waals surface area (Å²) in [5.41, 5.74) is 0.385. The number of likely N-dealkylation sites (tertiary alicyclic amines) is 2. The summed E-state index contributed by atoms with van der Waals surface area (Å²) in [7, 11) is 5.35. The number of ether oxygens (including phenoxy) is 1. The predicted octanol–water partition coefficient (Wildman–Crippen LogP) is 0.611. The van der Waals surface area contributed by atoms with Crippen LogP contribution in [-0.4, -0.2) is 91.7 Å². The van der Waals surface area contributed by atoms with Gasteiger partial charge in [0.15, 0.2) is 0 Å². The third-order valence-electron chi connectivity index (χ3n) is 5.61. The third kappa shape index (κ3) is 4.47. The number of rotatable bonds is 6. The fourth-order valence-electron chi connectivity index (χ4n) is 4.20. The first-order valence-electron chi connectivity index (χ1n) is 9.86. The van der Waals surface area contributed by atoms with Crippen LogP contribution in [-0.2, 0) is 16.0 Å². The molecule has 1 N–H and O–H groups in total. The Hall–Kier alpha value is -2.12. The number of methoxy groups -OCH3 is 1. The number of hydrogen-bond donors (Lipinski definition) is 1. The number of nitrogens with zero attached hydrogens (tertiary/aromatic N) is 3. The van der Waals surface area contributed by atoms with Crippen molar-refractivity contribution in [1.82, 2.24) is 14.7 Å². The summed E-state index contributed by atoms with van der Waals surface area (Å²) in [6.07, 6.45) is 1.64. The van der Waals surface area contributed by atoms with Crippen LogP contribution in [0.5, 0.6) is 5.75 Å². The number of hydrogen-bond acceptors (Lipinski definition) is 5. The van der Waals surface area contributed by atoms with Crippen LogP contribution in [0, 0.1) is 5.41 Å². The normalized spacial score (nSPS) is 21.4. The second kappa shape index (κ2) is 8.49. The van der Waals surface area contributed by atoms with Gasteiger partial charge in [-0.15, -0.1) is 0 Å². The first-order chi connectivity index (χ1) is 13.3. The van der Waals surface area contributed by atoms with E-state index in [4.69, 9.17) is 4.74 Å². The topological polar surface area (TPSA) is 73.3 Å². The van der Waals surface area contributed by atoms with Crippen LogP contribution in [0.25, 0.3) is 0 Å². The molecule has 2 fully saturated rings. The van der Waals surface area contributed by atoms with E-state index in [-0.39, 0.29) is 11.8 Å². The van der Waals surface area contributed by atoms with Crippen molar-refractivity contribution in [2.75, 3.05) is 53.9 Å². The zero-order chi connectivity index (χ0) is 20.3. The first-order valence-corrected chi connectivity index (χ1v) is 9.86. The molecular formula is C21H31N3O4. The SMILES string of the molecule is COc1cccc(CC2(C(=O)N3CCCC(O)C3)CN(C(=O)CN(C)C)C2)c1. The van der Waals surface area contributed by atoms with Gasteiger partial charge in [0, 0.05) is 26.2 Å². The molecular weight excluding hydrogens is 358 g/mol. The molecule has 1 atom stereocenters. The van der Waals surface area contributed by atoms with Gasteiger partial charge < -0.3 is 24.5 Å². The molecule has 3 rings (SSSR count). The summed E-state index contributed by atoms with van der Waals surface area (Å²) in [6.45, 7) is 2.22. The molecule has 7 nitrogen and oxygen atoms in total. The van der Waals surface area contributed by atoms with Crippen LogP contribution in [0.4, 0.5) is 0 Å². The van der Waals surface area contributed by atoms with Crippen LogP contribution >= 0.6 is 0 Å². The summed E-state index contributed by atoms with van der Waals surface area (Å²) < 4.78 is 5.32. The zero-order valence-corrected chi connectivity index (χ0v) is 17.1. The highest BCUT2D eigenvalue weighted by atomic mass is 16.5. The van der Waals surface area contributed by atoms with Crippen LogP contribution in [0.3, 0.4) is 0 Å². The van der Waals surface area contributed by atoms with E-state index >= 15 is 0 Å². The van der Waals surface area contributed by atoms with Gasteiger partial charge in [0.05, 0.1) is 25.2 Å². The molecule has 154 valence electrons. The van der Waals surface area contributed by atoms with Gasteiger partial charge in [-0.1, -0.05) is 12.1 Å². The fourth-order valence-corrected chi connectivity index (χ4v) is 4.20. The number of aliphatic hydroxyl groups is 1. The molecule has 2 aliphatic rings. The molecule has 0 saturated carbocycles. The number of amides is 2. The van der Waals surface area contributed by atoms with Crippen molar-refractivity contribution in [3.05, 3.63) is 29.8 Å². The quantitative estimate of drug-likeness (QED) is 0.772. The van der Waals surface area contributed by atoms with E-state index in [1.54, 1.807) is 16.9 Å². The Morgan fingerprint density at radius 1 is 1.29 bits per heavy atom. The van der Waals surface area contributed by atoms with Gasteiger partial charge in [-0.25, -0.2) is 0 Å². The maximum atomic E-state index is 13.4. The molecule has 2 saturated heterocycles. The second-order valence-electron chi connectivity index (χ2n) is 8.34. The van der Waals surface area contributed by atoms with E-state index in [9.17, 15) is 14.7 Å². The lowest BCUT2D eigenvalue weighted by molar-refractivity contribution is -0.163. The Kier molecular flexibility index (Phi) is 6.25. The molecule has 0 spiro atoms.